The Balaban J connectivity index is 1.85. The fourth-order valence-corrected chi connectivity index (χ4v) is 3.03. The molecule has 2 aromatic rings. The maximum atomic E-state index is 12.2. The van der Waals surface area contributed by atoms with Crippen LogP contribution in [0.25, 0.3) is 0 Å². The first-order chi connectivity index (χ1) is 12.8. The van der Waals surface area contributed by atoms with Gasteiger partial charge < -0.3 is 5.32 Å². The monoisotopic (exact) mass is 388 g/mol. The Bertz CT molecular complexity index is 889. The van der Waals surface area contributed by atoms with E-state index in [1.807, 2.05) is 19.1 Å². The van der Waals surface area contributed by atoms with Crippen molar-refractivity contribution >= 4 is 33.1 Å². The first-order valence-corrected chi connectivity index (χ1v) is 10.5. The fraction of sp³-hybridized carbons (Fsp3) is 0.300. The summed E-state index contributed by atoms with van der Waals surface area (Å²) in [5.74, 6) is -0.353. The highest BCUT2D eigenvalue weighted by molar-refractivity contribution is 7.92. The summed E-state index contributed by atoms with van der Waals surface area (Å²) in [6.07, 6.45) is 1.12. The number of benzene rings is 2. The number of amides is 1. The second-order valence-corrected chi connectivity index (χ2v) is 8.12. The number of carbonyl (C=O) groups is 2. The molecule has 0 atom stereocenters. The third kappa shape index (κ3) is 6.53. The van der Waals surface area contributed by atoms with Crippen LogP contribution in [-0.4, -0.2) is 25.9 Å². The average molecular weight is 388 g/mol. The first kappa shape index (κ1) is 20.6. The van der Waals surface area contributed by atoms with Crippen molar-refractivity contribution < 1.29 is 18.0 Å². The minimum absolute atomic E-state index is 0.0132. The highest BCUT2D eigenvalue weighted by Gasteiger charge is 2.10. The summed E-state index contributed by atoms with van der Waals surface area (Å²) in [6, 6.07) is 13.8. The number of hydrogen-bond acceptors (Lipinski definition) is 4. The van der Waals surface area contributed by atoms with Crippen molar-refractivity contribution in [1.82, 2.24) is 0 Å². The van der Waals surface area contributed by atoms with Crippen molar-refractivity contribution in [3.05, 3.63) is 59.7 Å². The van der Waals surface area contributed by atoms with Crippen LogP contribution in [0.5, 0.6) is 0 Å². The second kappa shape index (κ2) is 9.32. The summed E-state index contributed by atoms with van der Waals surface area (Å²) in [5, 5.41) is 2.70. The molecule has 2 rings (SSSR count). The van der Waals surface area contributed by atoms with Gasteiger partial charge in [-0.15, -0.1) is 0 Å². The number of ketones is 1. The number of anilines is 2. The molecule has 6 nitrogen and oxygen atoms in total. The van der Waals surface area contributed by atoms with Crippen LogP contribution in [0.15, 0.2) is 48.5 Å². The van der Waals surface area contributed by atoms with Gasteiger partial charge in [-0.3, -0.25) is 14.3 Å². The van der Waals surface area contributed by atoms with Gasteiger partial charge in [0.15, 0.2) is 5.78 Å². The van der Waals surface area contributed by atoms with Gasteiger partial charge in [-0.05, 0) is 43.2 Å². The van der Waals surface area contributed by atoms with Crippen LogP contribution in [0.2, 0.25) is 0 Å². The number of Topliss-reactive ketones (excluding diaryl/α,β-unsaturated/α-hetero) is 1. The van der Waals surface area contributed by atoms with Gasteiger partial charge in [0.05, 0.1) is 5.75 Å². The zero-order valence-corrected chi connectivity index (χ0v) is 16.3. The van der Waals surface area contributed by atoms with Crippen LogP contribution in [-0.2, 0) is 21.2 Å². The number of carbonyl (C=O) groups excluding carboxylic acids is 2. The molecule has 7 heteroatoms. The molecule has 0 aliphatic heterocycles. The lowest BCUT2D eigenvalue weighted by molar-refractivity contribution is -0.116. The summed E-state index contributed by atoms with van der Waals surface area (Å²) >= 11 is 0. The third-order valence-electron chi connectivity index (χ3n) is 4.09. The molecule has 2 N–H and O–H groups in total. The van der Waals surface area contributed by atoms with Gasteiger partial charge in [0.25, 0.3) is 0 Å². The SMILES string of the molecule is CCc1ccc(C(=O)CCC(=O)Nc2ccc(NS(=O)(=O)CC)cc2)cc1. The van der Waals surface area contributed by atoms with E-state index in [1.54, 1.807) is 43.3 Å². The van der Waals surface area contributed by atoms with Crippen LogP contribution in [0.3, 0.4) is 0 Å². The number of aryl methyl sites for hydroxylation is 1. The van der Waals surface area contributed by atoms with Crippen molar-refractivity contribution in [2.24, 2.45) is 0 Å². The Labute approximate surface area is 160 Å². The predicted molar refractivity (Wildman–Crippen MR) is 108 cm³/mol. The quantitative estimate of drug-likeness (QED) is 0.642. The molecule has 144 valence electrons. The first-order valence-electron chi connectivity index (χ1n) is 8.85. The summed E-state index contributed by atoms with van der Waals surface area (Å²) in [7, 11) is -3.33. The topological polar surface area (TPSA) is 92.3 Å². The van der Waals surface area contributed by atoms with Crippen molar-refractivity contribution in [3.63, 3.8) is 0 Å². The van der Waals surface area contributed by atoms with E-state index in [2.05, 4.69) is 10.0 Å². The van der Waals surface area contributed by atoms with Crippen LogP contribution in [0.4, 0.5) is 11.4 Å². The van der Waals surface area contributed by atoms with Crippen molar-refractivity contribution in [3.8, 4) is 0 Å². The van der Waals surface area contributed by atoms with Crippen LogP contribution in [0.1, 0.15) is 42.6 Å². The molecule has 0 aromatic heterocycles. The number of hydrogen-bond donors (Lipinski definition) is 2. The number of nitrogens with one attached hydrogen (secondary N) is 2. The molecule has 0 saturated carbocycles. The summed E-state index contributed by atoms with van der Waals surface area (Å²) in [4.78, 5) is 24.2. The van der Waals surface area contributed by atoms with E-state index in [0.717, 1.165) is 12.0 Å². The van der Waals surface area contributed by atoms with Crippen molar-refractivity contribution in [2.45, 2.75) is 33.1 Å². The minimum Gasteiger partial charge on any atom is -0.326 e. The normalized spacial score (nSPS) is 11.0. The lowest BCUT2D eigenvalue weighted by atomic mass is 10.0. The smallest absolute Gasteiger partial charge is 0.232 e. The van der Waals surface area contributed by atoms with Crippen molar-refractivity contribution in [2.75, 3.05) is 15.8 Å². The maximum Gasteiger partial charge on any atom is 0.232 e. The molecule has 0 aliphatic rings. The molecule has 0 bridgehead atoms. The largest absolute Gasteiger partial charge is 0.326 e. The number of sulfonamides is 1. The summed E-state index contributed by atoms with van der Waals surface area (Å²) < 4.78 is 25.5. The highest BCUT2D eigenvalue weighted by atomic mass is 32.2. The third-order valence-corrected chi connectivity index (χ3v) is 5.39. The van der Waals surface area contributed by atoms with E-state index in [-0.39, 0.29) is 30.3 Å². The summed E-state index contributed by atoms with van der Waals surface area (Å²) in [5.41, 5.74) is 2.74. The zero-order valence-electron chi connectivity index (χ0n) is 15.5. The fourth-order valence-electron chi connectivity index (χ4n) is 2.39. The van der Waals surface area contributed by atoms with Crippen LogP contribution < -0.4 is 10.0 Å². The van der Waals surface area contributed by atoms with Gasteiger partial charge in [0, 0.05) is 29.8 Å². The highest BCUT2D eigenvalue weighted by Crippen LogP contribution is 2.16. The van der Waals surface area contributed by atoms with Crippen molar-refractivity contribution in [1.29, 1.82) is 0 Å². The summed E-state index contributed by atoms with van der Waals surface area (Å²) in [6.45, 7) is 3.60. The van der Waals surface area contributed by atoms with Gasteiger partial charge >= 0.3 is 0 Å². The Hall–Kier alpha value is -2.67. The molecule has 2 aromatic carbocycles. The molecular formula is C20H24N2O4S. The van der Waals surface area contributed by atoms with E-state index in [9.17, 15) is 18.0 Å². The molecule has 1 amide bonds. The molecule has 0 saturated heterocycles. The molecule has 27 heavy (non-hydrogen) atoms. The Morgan fingerprint density at radius 2 is 1.44 bits per heavy atom. The molecule has 0 heterocycles. The lowest BCUT2D eigenvalue weighted by Gasteiger charge is -2.08. The molecule has 0 aliphatic carbocycles. The van der Waals surface area contributed by atoms with Gasteiger partial charge in [-0.2, -0.15) is 0 Å². The van der Waals surface area contributed by atoms with E-state index >= 15 is 0 Å². The molecular weight excluding hydrogens is 364 g/mol. The maximum absolute atomic E-state index is 12.2. The van der Waals surface area contributed by atoms with E-state index in [0.29, 0.717) is 16.9 Å². The standard InChI is InChI=1S/C20H24N2O4S/c1-3-15-5-7-16(8-6-15)19(23)13-14-20(24)21-17-9-11-18(12-10-17)22-27(25,26)4-2/h5-12,22H,3-4,13-14H2,1-2H3,(H,21,24). The Morgan fingerprint density at radius 3 is 2.00 bits per heavy atom. The zero-order chi connectivity index (χ0) is 19.9. The van der Waals surface area contributed by atoms with E-state index in [1.165, 1.54) is 0 Å². The molecule has 0 spiro atoms. The second-order valence-electron chi connectivity index (χ2n) is 6.10. The minimum atomic E-state index is -3.33. The average Bonchev–Trinajstić information content (AvgIpc) is 2.67. The molecule has 0 unspecified atom stereocenters. The van der Waals surface area contributed by atoms with E-state index < -0.39 is 10.0 Å². The Kier molecular flexibility index (Phi) is 7.12. The van der Waals surface area contributed by atoms with E-state index in [4.69, 9.17) is 0 Å². The van der Waals surface area contributed by atoms with Gasteiger partial charge in [0.1, 0.15) is 0 Å². The number of rotatable bonds is 9. The lowest BCUT2D eigenvalue weighted by Crippen LogP contribution is -2.15. The molecule has 0 radical (unpaired) electrons. The Morgan fingerprint density at radius 1 is 0.852 bits per heavy atom. The molecule has 0 fully saturated rings. The van der Waals surface area contributed by atoms with Crippen LogP contribution in [0, 0.1) is 0 Å². The van der Waals surface area contributed by atoms with Crippen LogP contribution >= 0.6 is 0 Å². The van der Waals surface area contributed by atoms with Gasteiger partial charge in [0.2, 0.25) is 15.9 Å². The predicted octanol–water partition coefficient (Wildman–Crippen LogP) is 3.61. The van der Waals surface area contributed by atoms with Gasteiger partial charge in [-0.25, -0.2) is 8.42 Å². The van der Waals surface area contributed by atoms with Gasteiger partial charge in [-0.1, -0.05) is 31.2 Å².